The molecule has 1 N–H and O–H groups in total. The highest BCUT2D eigenvalue weighted by molar-refractivity contribution is 7.92. The van der Waals surface area contributed by atoms with Crippen molar-refractivity contribution in [3.05, 3.63) is 65.2 Å². The van der Waals surface area contributed by atoms with E-state index in [0.717, 1.165) is 22.4 Å². The van der Waals surface area contributed by atoms with Crippen LogP contribution in [0.25, 0.3) is 11.3 Å². The molecule has 2 aromatic carbocycles. The SMILES string of the molecule is Cc1nc(-c2ccc(S(=O)(=O)Nc3ccc(C)c(C)c3)cc2)c(C)o1. The van der Waals surface area contributed by atoms with Crippen LogP contribution in [0, 0.1) is 27.7 Å². The van der Waals surface area contributed by atoms with Crippen molar-refractivity contribution in [3.63, 3.8) is 0 Å². The highest BCUT2D eigenvalue weighted by Gasteiger charge is 2.16. The van der Waals surface area contributed by atoms with E-state index in [2.05, 4.69) is 9.71 Å². The number of anilines is 1. The van der Waals surface area contributed by atoms with Crippen LogP contribution in [0.1, 0.15) is 22.8 Å². The Morgan fingerprint density at radius 2 is 1.60 bits per heavy atom. The molecule has 0 amide bonds. The van der Waals surface area contributed by atoms with Crippen LogP contribution in [-0.2, 0) is 10.0 Å². The number of hydrogen-bond acceptors (Lipinski definition) is 4. The number of hydrogen-bond donors (Lipinski definition) is 1. The minimum absolute atomic E-state index is 0.201. The molecule has 0 spiro atoms. The molecule has 3 aromatic rings. The number of aryl methyl sites for hydroxylation is 4. The Hall–Kier alpha value is -2.60. The lowest BCUT2D eigenvalue weighted by Gasteiger charge is -2.10. The molecule has 1 heterocycles. The van der Waals surface area contributed by atoms with Crippen molar-refractivity contribution < 1.29 is 12.8 Å². The molecular weight excluding hydrogens is 336 g/mol. The molecule has 0 saturated carbocycles. The summed E-state index contributed by atoms with van der Waals surface area (Å²) >= 11 is 0. The van der Waals surface area contributed by atoms with Crippen molar-refractivity contribution in [3.8, 4) is 11.3 Å². The van der Waals surface area contributed by atoms with E-state index in [4.69, 9.17) is 4.42 Å². The average Bonchev–Trinajstić information content (AvgIpc) is 2.89. The first-order valence-corrected chi connectivity index (χ1v) is 9.39. The van der Waals surface area contributed by atoms with Gasteiger partial charge < -0.3 is 4.42 Å². The van der Waals surface area contributed by atoms with E-state index >= 15 is 0 Å². The molecule has 0 saturated heterocycles. The summed E-state index contributed by atoms with van der Waals surface area (Å²) in [5.41, 5.74) is 4.25. The highest BCUT2D eigenvalue weighted by atomic mass is 32.2. The third kappa shape index (κ3) is 3.58. The Morgan fingerprint density at radius 3 is 2.16 bits per heavy atom. The lowest BCUT2D eigenvalue weighted by molar-refractivity contribution is 0.495. The number of nitrogens with zero attached hydrogens (tertiary/aromatic N) is 1. The molecule has 25 heavy (non-hydrogen) atoms. The van der Waals surface area contributed by atoms with E-state index in [1.807, 2.05) is 32.9 Å². The number of aromatic nitrogens is 1. The Bertz CT molecular complexity index is 1020. The molecule has 0 bridgehead atoms. The minimum Gasteiger partial charge on any atom is -0.446 e. The summed E-state index contributed by atoms with van der Waals surface area (Å²) in [7, 11) is -3.64. The van der Waals surface area contributed by atoms with Gasteiger partial charge in [-0.05, 0) is 56.2 Å². The predicted molar refractivity (Wildman–Crippen MR) is 98.1 cm³/mol. The van der Waals surface area contributed by atoms with Gasteiger partial charge in [-0.15, -0.1) is 0 Å². The maximum atomic E-state index is 12.6. The fourth-order valence-corrected chi connectivity index (χ4v) is 3.66. The average molecular weight is 356 g/mol. The van der Waals surface area contributed by atoms with Gasteiger partial charge in [0.05, 0.1) is 4.90 Å². The summed E-state index contributed by atoms with van der Waals surface area (Å²) in [5.74, 6) is 1.29. The molecule has 0 aliphatic heterocycles. The molecule has 0 fully saturated rings. The fraction of sp³-hybridized carbons (Fsp3) is 0.211. The number of rotatable bonds is 4. The van der Waals surface area contributed by atoms with Crippen LogP contribution in [0.3, 0.4) is 0 Å². The van der Waals surface area contributed by atoms with Crippen LogP contribution in [0.5, 0.6) is 0 Å². The first-order chi connectivity index (χ1) is 11.8. The minimum atomic E-state index is -3.64. The van der Waals surface area contributed by atoms with E-state index in [1.54, 1.807) is 37.3 Å². The summed E-state index contributed by atoms with van der Waals surface area (Å²) in [6.07, 6.45) is 0. The van der Waals surface area contributed by atoms with Crippen molar-refractivity contribution in [2.45, 2.75) is 32.6 Å². The number of sulfonamides is 1. The monoisotopic (exact) mass is 356 g/mol. The number of nitrogens with one attached hydrogen (secondary N) is 1. The summed E-state index contributed by atoms with van der Waals surface area (Å²) < 4.78 is 33.2. The van der Waals surface area contributed by atoms with Gasteiger partial charge in [-0.25, -0.2) is 13.4 Å². The van der Waals surface area contributed by atoms with Crippen LogP contribution >= 0.6 is 0 Å². The first-order valence-electron chi connectivity index (χ1n) is 7.91. The van der Waals surface area contributed by atoms with Gasteiger partial charge in [0.1, 0.15) is 11.5 Å². The van der Waals surface area contributed by atoms with Crippen LogP contribution < -0.4 is 4.72 Å². The molecule has 130 valence electrons. The fourth-order valence-electron chi connectivity index (χ4n) is 2.61. The molecule has 0 atom stereocenters. The third-order valence-corrected chi connectivity index (χ3v) is 5.50. The topological polar surface area (TPSA) is 72.2 Å². The van der Waals surface area contributed by atoms with E-state index in [0.29, 0.717) is 17.3 Å². The second-order valence-corrected chi connectivity index (χ2v) is 7.75. The summed E-state index contributed by atoms with van der Waals surface area (Å²) in [6.45, 7) is 7.55. The van der Waals surface area contributed by atoms with Crippen molar-refractivity contribution in [1.29, 1.82) is 0 Å². The maximum absolute atomic E-state index is 12.6. The van der Waals surface area contributed by atoms with Gasteiger partial charge in [-0.1, -0.05) is 18.2 Å². The van der Waals surface area contributed by atoms with Gasteiger partial charge in [0, 0.05) is 18.2 Å². The van der Waals surface area contributed by atoms with Crippen molar-refractivity contribution in [2.75, 3.05) is 4.72 Å². The summed E-state index contributed by atoms with van der Waals surface area (Å²) in [4.78, 5) is 4.53. The second-order valence-electron chi connectivity index (χ2n) is 6.07. The lowest BCUT2D eigenvalue weighted by Crippen LogP contribution is -2.13. The Morgan fingerprint density at radius 1 is 0.920 bits per heavy atom. The molecule has 0 aliphatic rings. The number of oxazole rings is 1. The maximum Gasteiger partial charge on any atom is 0.261 e. The summed E-state index contributed by atoms with van der Waals surface area (Å²) in [5, 5.41) is 0. The molecular formula is C19H20N2O3S. The van der Waals surface area contributed by atoms with Gasteiger partial charge in [-0.2, -0.15) is 0 Å². The molecule has 0 radical (unpaired) electrons. The summed E-state index contributed by atoms with van der Waals surface area (Å²) in [6, 6.07) is 12.1. The van der Waals surface area contributed by atoms with Gasteiger partial charge in [0.2, 0.25) is 0 Å². The van der Waals surface area contributed by atoms with Crippen LogP contribution in [0.4, 0.5) is 5.69 Å². The van der Waals surface area contributed by atoms with Crippen LogP contribution in [-0.4, -0.2) is 13.4 Å². The van der Waals surface area contributed by atoms with E-state index in [-0.39, 0.29) is 4.90 Å². The third-order valence-electron chi connectivity index (χ3n) is 4.10. The number of benzene rings is 2. The predicted octanol–water partition coefficient (Wildman–Crippen LogP) is 4.38. The van der Waals surface area contributed by atoms with Gasteiger partial charge >= 0.3 is 0 Å². The van der Waals surface area contributed by atoms with Crippen molar-refractivity contribution in [2.24, 2.45) is 0 Å². The Labute approximate surface area is 147 Å². The quantitative estimate of drug-likeness (QED) is 0.753. The zero-order chi connectivity index (χ0) is 18.2. The first kappa shape index (κ1) is 17.2. The zero-order valence-corrected chi connectivity index (χ0v) is 15.4. The van der Waals surface area contributed by atoms with E-state index in [1.165, 1.54) is 0 Å². The lowest BCUT2D eigenvalue weighted by atomic mass is 10.1. The van der Waals surface area contributed by atoms with Crippen molar-refractivity contribution in [1.82, 2.24) is 4.98 Å². The van der Waals surface area contributed by atoms with Gasteiger partial charge in [0.15, 0.2) is 5.89 Å². The van der Waals surface area contributed by atoms with Gasteiger partial charge in [-0.3, -0.25) is 4.72 Å². The second kappa shape index (κ2) is 6.37. The zero-order valence-electron chi connectivity index (χ0n) is 14.6. The Kier molecular flexibility index (Phi) is 4.39. The van der Waals surface area contributed by atoms with E-state index in [9.17, 15) is 8.42 Å². The largest absolute Gasteiger partial charge is 0.446 e. The van der Waals surface area contributed by atoms with Crippen molar-refractivity contribution >= 4 is 15.7 Å². The smallest absolute Gasteiger partial charge is 0.261 e. The molecule has 6 heteroatoms. The Balaban J connectivity index is 1.87. The van der Waals surface area contributed by atoms with Crippen LogP contribution in [0.15, 0.2) is 51.8 Å². The standard InChI is InChI=1S/C19H20N2O3S/c1-12-5-8-17(11-13(12)2)21-25(22,23)18-9-6-16(7-10-18)19-14(3)24-15(4)20-19/h5-11,21H,1-4H3. The normalized spacial score (nSPS) is 11.5. The highest BCUT2D eigenvalue weighted by Crippen LogP contribution is 2.25. The molecule has 3 rings (SSSR count). The van der Waals surface area contributed by atoms with Crippen LogP contribution in [0.2, 0.25) is 0 Å². The molecule has 1 aromatic heterocycles. The van der Waals surface area contributed by atoms with E-state index < -0.39 is 10.0 Å². The van der Waals surface area contributed by atoms with Gasteiger partial charge in [0.25, 0.3) is 10.0 Å². The molecule has 0 aliphatic carbocycles. The molecule has 0 unspecified atom stereocenters. The molecule has 5 nitrogen and oxygen atoms in total.